The fourth-order valence-corrected chi connectivity index (χ4v) is 1.66. The number of carbonyl (C=O) groups excluding carboxylic acids is 1. The first-order valence-electron chi connectivity index (χ1n) is 5.31. The van der Waals surface area contributed by atoms with E-state index < -0.39 is 0 Å². The van der Waals surface area contributed by atoms with Crippen molar-refractivity contribution in [3.05, 3.63) is 11.6 Å². The Labute approximate surface area is 97.5 Å². The second kappa shape index (κ2) is 7.71. The Bertz CT molecular complexity index is 219. The summed E-state index contributed by atoms with van der Waals surface area (Å²) < 4.78 is 4.85. The molecule has 0 bridgehead atoms. The average Bonchev–Trinajstić information content (AvgIpc) is 2.17. The number of nitrogens with two attached hydrogens (primary N) is 1. The quantitative estimate of drug-likeness (QED) is 0.601. The molecule has 4 heteroatoms. The van der Waals surface area contributed by atoms with E-state index in [4.69, 9.17) is 10.5 Å². The predicted molar refractivity (Wildman–Crippen MR) is 63.0 cm³/mol. The van der Waals surface area contributed by atoms with Crippen molar-refractivity contribution in [2.45, 2.75) is 45.1 Å². The molecule has 0 amide bonds. The smallest absolute Gasteiger partial charge is 0.309 e. The Morgan fingerprint density at radius 3 is 2.67 bits per heavy atom. The van der Waals surface area contributed by atoms with Gasteiger partial charge in [0.1, 0.15) is 0 Å². The van der Waals surface area contributed by atoms with E-state index in [9.17, 15) is 4.79 Å². The summed E-state index contributed by atoms with van der Waals surface area (Å²) in [6.07, 6.45) is 6.60. The van der Waals surface area contributed by atoms with Crippen LogP contribution in [0.5, 0.6) is 0 Å². The average molecular weight is 234 g/mol. The zero-order valence-corrected chi connectivity index (χ0v) is 10.0. The van der Waals surface area contributed by atoms with Gasteiger partial charge in [-0.15, -0.1) is 12.4 Å². The van der Waals surface area contributed by atoms with Gasteiger partial charge in [0.2, 0.25) is 0 Å². The molecule has 0 spiro atoms. The second-order valence-electron chi connectivity index (χ2n) is 3.71. The van der Waals surface area contributed by atoms with E-state index in [0.717, 1.165) is 25.7 Å². The standard InChI is InChI=1S/C11H19NO2.ClH/c1-2-14-11(13)8-5-9-3-6-10(12)7-4-9;/h5,10H,2-4,6-8,12H2,1H3;1H. The number of halogens is 1. The number of ether oxygens (including phenoxy) is 1. The lowest BCUT2D eigenvalue weighted by Gasteiger charge is -2.19. The molecule has 0 radical (unpaired) electrons. The van der Waals surface area contributed by atoms with Gasteiger partial charge in [-0.1, -0.05) is 11.6 Å². The Balaban J connectivity index is 0.00000196. The number of esters is 1. The summed E-state index contributed by atoms with van der Waals surface area (Å²) in [4.78, 5) is 11.1. The molecule has 1 aliphatic carbocycles. The number of rotatable bonds is 3. The van der Waals surface area contributed by atoms with Crippen LogP contribution >= 0.6 is 12.4 Å². The van der Waals surface area contributed by atoms with Crippen molar-refractivity contribution in [2.24, 2.45) is 5.73 Å². The first kappa shape index (κ1) is 14.5. The summed E-state index contributed by atoms with van der Waals surface area (Å²) in [5.41, 5.74) is 7.14. The van der Waals surface area contributed by atoms with Crippen LogP contribution in [0.2, 0.25) is 0 Å². The molecule has 0 unspecified atom stereocenters. The molecule has 1 fully saturated rings. The maximum Gasteiger partial charge on any atom is 0.309 e. The zero-order chi connectivity index (χ0) is 10.4. The van der Waals surface area contributed by atoms with E-state index in [0.29, 0.717) is 19.1 Å². The molecule has 1 saturated carbocycles. The fourth-order valence-electron chi connectivity index (χ4n) is 1.66. The molecular weight excluding hydrogens is 214 g/mol. The van der Waals surface area contributed by atoms with Crippen LogP contribution in [0.25, 0.3) is 0 Å². The number of allylic oxidation sites excluding steroid dienone is 1. The monoisotopic (exact) mass is 233 g/mol. The van der Waals surface area contributed by atoms with Gasteiger partial charge in [-0.05, 0) is 32.6 Å². The van der Waals surface area contributed by atoms with Gasteiger partial charge < -0.3 is 10.5 Å². The molecule has 2 N–H and O–H groups in total. The van der Waals surface area contributed by atoms with Gasteiger partial charge in [0.15, 0.2) is 0 Å². The molecule has 1 rings (SSSR count). The topological polar surface area (TPSA) is 52.3 Å². The molecule has 0 saturated heterocycles. The van der Waals surface area contributed by atoms with Gasteiger partial charge >= 0.3 is 5.97 Å². The lowest BCUT2D eigenvalue weighted by Crippen LogP contribution is -2.23. The molecule has 88 valence electrons. The van der Waals surface area contributed by atoms with Gasteiger partial charge in [0.05, 0.1) is 13.0 Å². The van der Waals surface area contributed by atoms with Crippen LogP contribution in [0.4, 0.5) is 0 Å². The summed E-state index contributed by atoms with van der Waals surface area (Å²) in [5, 5.41) is 0. The van der Waals surface area contributed by atoms with Crippen molar-refractivity contribution in [1.82, 2.24) is 0 Å². The van der Waals surface area contributed by atoms with E-state index in [1.807, 2.05) is 13.0 Å². The van der Waals surface area contributed by atoms with Crippen LogP contribution in [-0.2, 0) is 9.53 Å². The maximum atomic E-state index is 11.1. The first-order chi connectivity index (χ1) is 6.72. The van der Waals surface area contributed by atoms with Crippen LogP contribution in [0.3, 0.4) is 0 Å². The summed E-state index contributed by atoms with van der Waals surface area (Å²) in [6, 6.07) is 0.356. The zero-order valence-electron chi connectivity index (χ0n) is 9.20. The highest BCUT2D eigenvalue weighted by Gasteiger charge is 2.12. The van der Waals surface area contributed by atoms with Crippen molar-refractivity contribution >= 4 is 18.4 Å². The number of carbonyl (C=O) groups is 1. The summed E-state index contributed by atoms with van der Waals surface area (Å²) in [7, 11) is 0. The molecule has 0 aromatic carbocycles. The highest BCUT2D eigenvalue weighted by molar-refractivity contribution is 5.85. The molecular formula is C11H20ClNO2. The summed E-state index contributed by atoms with van der Waals surface area (Å²) in [6.45, 7) is 2.29. The van der Waals surface area contributed by atoms with E-state index in [1.165, 1.54) is 5.57 Å². The minimum absolute atomic E-state index is 0. The third-order valence-electron chi connectivity index (χ3n) is 2.54. The molecule has 1 aliphatic rings. The summed E-state index contributed by atoms with van der Waals surface area (Å²) in [5.74, 6) is -0.130. The van der Waals surface area contributed by atoms with Gasteiger partial charge in [0, 0.05) is 6.04 Å². The first-order valence-corrected chi connectivity index (χ1v) is 5.31. The Morgan fingerprint density at radius 2 is 2.13 bits per heavy atom. The molecule has 0 atom stereocenters. The van der Waals surface area contributed by atoms with E-state index >= 15 is 0 Å². The SMILES string of the molecule is CCOC(=O)CC=C1CCC(N)CC1.Cl. The Kier molecular flexibility index (Phi) is 7.44. The molecule has 0 aromatic heterocycles. The highest BCUT2D eigenvalue weighted by Crippen LogP contribution is 2.22. The van der Waals surface area contributed by atoms with Crippen molar-refractivity contribution < 1.29 is 9.53 Å². The highest BCUT2D eigenvalue weighted by atomic mass is 35.5. The van der Waals surface area contributed by atoms with Crippen molar-refractivity contribution in [3.63, 3.8) is 0 Å². The lowest BCUT2D eigenvalue weighted by atomic mass is 9.91. The van der Waals surface area contributed by atoms with Gasteiger partial charge in [-0.2, -0.15) is 0 Å². The third-order valence-corrected chi connectivity index (χ3v) is 2.54. The van der Waals surface area contributed by atoms with Crippen LogP contribution < -0.4 is 5.73 Å². The largest absolute Gasteiger partial charge is 0.466 e. The fraction of sp³-hybridized carbons (Fsp3) is 0.727. The van der Waals surface area contributed by atoms with Gasteiger partial charge in [0.25, 0.3) is 0 Å². The van der Waals surface area contributed by atoms with Crippen molar-refractivity contribution in [3.8, 4) is 0 Å². The number of hydrogen-bond donors (Lipinski definition) is 1. The Hall–Kier alpha value is -0.540. The normalized spacial score (nSPS) is 20.4. The van der Waals surface area contributed by atoms with Gasteiger partial charge in [-0.25, -0.2) is 0 Å². The molecule has 0 aliphatic heterocycles. The van der Waals surface area contributed by atoms with Gasteiger partial charge in [-0.3, -0.25) is 4.79 Å². The molecule has 0 heterocycles. The van der Waals surface area contributed by atoms with E-state index in [-0.39, 0.29) is 18.4 Å². The second-order valence-corrected chi connectivity index (χ2v) is 3.71. The van der Waals surface area contributed by atoms with Crippen LogP contribution in [-0.4, -0.2) is 18.6 Å². The van der Waals surface area contributed by atoms with Crippen LogP contribution in [0.1, 0.15) is 39.0 Å². The minimum atomic E-state index is -0.130. The Morgan fingerprint density at radius 1 is 1.53 bits per heavy atom. The molecule has 0 aromatic rings. The van der Waals surface area contributed by atoms with Crippen molar-refractivity contribution in [2.75, 3.05) is 6.61 Å². The van der Waals surface area contributed by atoms with E-state index in [2.05, 4.69) is 0 Å². The third kappa shape index (κ3) is 5.80. The maximum absolute atomic E-state index is 11.1. The van der Waals surface area contributed by atoms with Crippen LogP contribution in [0, 0.1) is 0 Å². The molecule has 15 heavy (non-hydrogen) atoms. The summed E-state index contributed by atoms with van der Waals surface area (Å²) >= 11 is 0. The van der Waals surface area contributed by atoms with Crippen LogP contribution in [0.15, 0.2) is 11.6 Å². The minimum Gasteiger partial charge on any atom is -0.466 e. The van der Waals surface area contributed by atoms with Crippen molar-refractivity contribution in [1.29, 1.82) is 0 Å². The predicted octanol–water partition coefficient (Wildman–Crippen LogP) is 2.19. The number of hydrogen-bond acceptors (Lipinski definition) is 3. The van der Waals surface area contributed by atoms with E-state index in [1.54, 1.807) is 0 Å². The lowest BCUT2D eigenvalue weighted by molar-refractivity contribution is -0.142. The molecule has 3 nitrogen and oxygen atoms in total.